The molecule has 1 aliphatic heterocycles. The van der Waals surface area contributed by atoms with Crippen molar-refractivity contribution in [2.75, 3.05) is 18.4 Å². The van der Waals surface area contributed by atoms with Crippen molar-refractivity contribution in [3.63, 3.8) is 0 Å². The second-order valence-electron chi connectivity index (χ2n) is 5.86. The van der Waals surface area contributed by atoms with Crippen molar-refractivity contribution >= 4 is 26.6 Å². The molecule has 0 bridgehead atoms. The smallest absolute Gasteiger partial charge is 0.231 e. The molecule has 2 heterocycles. The number of pyridine rings is 1. The fraction of sp³-hybridized carbons (Fsp3) is 0.167. The third kappa shape index (κ3) is 3.23. The van der Waals surface area contributed by atoms with Crippen molar-refractivity contribution in [2.24, 2.45) is 0 Å². The zero-order valence-electron chi connectivity index (χ0n) is 13.5. The molecule has 0 atom stereocenters. The van der Waals surface area contributed by atoms with Crippen LogP contribution in [-0.2, 0) is 16.4 Å². The van der Waals surface area contributed by atoms with Crippen molar-refractivity contribution < 1.29 is 17.9 Å². The monoisotopic (exact) mass is 356 g/mol. The number of anilines is 1. The molecule has 0 unspecified atom stereocenters. The van der Waals surface area contributed by atoms with Crippen LogP contribution in [0.3, 0.4) is 0 Å². The Balaban J connectivity index is 1.54. The van der Waals surface area contributed by atoms with Gasteiger partial charge in [0, 0.05) is 18.2 Å². The van der Waals surface area contributed by atoms with Crippen LogP contribution in [0.1, 0.15) is 5.56 Å². The Morgan fingerprint density at radius 1 is 1.04 bits per heavy atom. The highest BCUT2D eigenvalue weighted by atomic mass is 32.2. The minimum Gasteiger partial charge on any atom is -0.454 e. The summed E-state index contributed by atoms with van der Waals surface area (Å²) in [7, 11) is -3.22. The third-order valence-corrected chi connectivity index (χ3v) is 5.11. The Morgan fingerprint density at radius 2 is 1.88 bits per heavy atom. The van der Waals surface area contributed by atoms with E-state index in [0.717, 1.165) is 33.8 Å². The molecule has 0 fully saturated rings. The first-order valence-corrected chi connectivity index (χ1v) is 9.61. The van der Waals surface area contributed by atoms with Gasteiger partial charge in [-0.1, -0.05) is 6.07 Å². The number of rotatable bonds is 4. The van der Waals surface area contributed by atoms with Crippen LogP contribution < -0.4 is 14.8 Å². The van der Waals surface area contributed by atoms with Gasteiger partial charge < -0.3 is 14.8 Å². The van der Waals surface area contributed by atoms with Crippen LogP contribution >= 0.6 is 0 Å². The largest absolute Gasteiger partial charge is 0.454 e. The van der Waals surface area contributed by atoms with Crippen molar-refractivity contribution in [3.8, 4) is 11.5 Å². The molecule has 0 radical (unpaired) electrons. The maximum atomic E-state index is 11.6. The number of sulfone groups is 1. The van der Waals surface area contributed by atoms with Gasteiger partial charge >= 0.3 is 0 Å². The minimum absolute atomic E-state index is 0.258. The second kappa shape index (κ2) is 5.93. The molecule has 1 aromatic heterocycles. The maximum Gasteiger partial charge on any atom is 0.231 e. The summed E-state index contributed by atoms with van der Waals surface area (Å²) in [6.45, 7) is 0.852. The first-order chi connectivity index (χ1) is 12.0. The fourth-order valence-electron chi connectivity index (χ4n) is 2.68. The molecule has 2 aromatic carbocycles. The van der Waals surface area contributed by atoms with E-state index in [1.54, 1.807) is 18.2 Å². The van der Waals surface area contributed by atoms with Gasteiger partial charge in [0.05, 0.1) is 10.4 Å². The van der Waals surface area contributed by atoms with E-state index >= 15 is 0 Å². The zero-order chi connectivity index (χ0) is 17.4. The normalized spacial score (nSPS) is 13.2. The number of benzene rings is 2. The standard InChI is InChI=1S/C18H16N2O4S/c1-25(21,22)14-4-5-15-13(9-14)3-7-18(20-15)19-10-12-2-6-16-17(8-12)24-11-23-16/h2-9H,10-11H2,1H3,(H,19,20). The summed E-state index contributed by atoms with van der Waals surface area (Å²) >= 11 is 0. The first-order valence-electron chi connectivity index (χ1n) is 7.72. The number of nitrogens with zero attached hydrogens (tertiary/aromatic N) is 1. The lowest BCUT2D eigenvalue weighted by molar-refractivity contribution is 0.174. The lowest BCUT2D eigenvalue weighted by atomic mass is 10.2. The molecule has 0 amide bonds. The Bertz CT molecular complexity index is 1060. The molecule has 128 valence electrons. The summed E-state index contributed by atoms with van der Waals surface area (Å²) in [5.74, 6) is 2.23. The van der Waals surface area contributed by atoms with E-state index in [2.05, 4.69) is 10.3 Å². The summed E-state index contributed by atoms with van der Waals surface area (Å²) in [6, 6.07) is 14.4. The van der Waals surface area contributed by atoms with Gasteiger partial charge in [-0.2, -0.15) is 0 Å². The van der Waals surface area contributed by atoms with Gasteiger partial charge in [-0.3, -0.25) is 0 Å². The Hall–Kier alpha value is -2.80. The Labute approximate surface area is 145 Å². The Morgan fingerprint density at radius 3 is 2.72 bits per heavy atom. The summed E-state index contributed by atoms with van der Waals surface area (Å²) < 4.78 is 33.9. The van der Waals surface area contributed by atoms with Crippen LogP contribution in [0, 0.1) is 0 Å². The number of hydrogen-bond acceptors (Lipinski definition) is 6. The van der Waals surface area contributed by atoms with Crippen LogP contribution in [0.25, 0.3) is 10.9 Å². The number of hydrogen-bond donors (Lipinski definition) is 1. The van der Waals surface area contributed by atoms with Crippen molar-refractivity contribution in [2.45, 2.75) is 11.4 Å². The second-order valence-corrected chi connectivity index (χ2v) is 7.88. The van der Waals surface area contributed by atoms with E-state index in [0.29, 0.717) is 11.4 Å². The van der Waals surface area contributed by atoms with Gasteiger partial charge in [-0.05, 0) is 48.0 Å². The molecule has 3 aromatic rings. The topological polar surface area (TPSA) is 77.5 Å². The molecule has 7 heteroatoms. The van der Waals surface area contributed by atoms with E-state index in [9.17, 15) is 8.42 Å². The molecule has 0 spiro atoms. The lowest BCUT2D eigenvalue weighted by Crippen LogP contribution is -2.02. The van der Waals surface area contributed by atoms with Crippen LogP contribution in [0.2, 0.25) is 0 Å². The minimum atomic E-state index is -3.22. The molecule has 1 N–H and O–H groups in total. The van der Waals surface area contributed by atoms with Crippen molar-refractivity contribution in [1.82, 2.24) is 4.98 Å². The highest BCUT2D eigenvalue weighted by molar-refractivity contribution is 7.90. The highest BCUT2D eigenvalue weighted by Gasteiger charge is 2.13. The van der Waals surface area contributed by atoms with Gasteiger partial charge in [0.25, 0.3) is 0 Å². The SMILES string of the molecule is CS(=O)(=O)c1ccc2nc(NCc3ccc4c(c3)OCO4)ccc2c1. The number of ether oxygens (including phenoxy) is 2. The van der Waals surface area contributed by atoms with Crippen LogP contribution in [0.15, 0.2) is 53.4 Å². The molecule has 0 aliphatic carbocycles. The van der Waals surface area contributed by atoms with Crippen LogP contribution in [0.5, 0.6) is 11.5 Å². The van der Waals surface area contributed by atoms with Gasteiger partial charge in [0.1, 0.15) is 5.82 Å². The van der Waals surface area contributed by atoms with Gasteiger partial charge in [0.15, 0.2) is 21.3 Å². The molecule has 25 heavy (non-hydrogen) atoms. The number of aromatic nitrogens is 1. The average Bonchev–Trinajstić information content (AvgIpc) is 3.06. The van der Waals surface area contributed by atoms with E-state index in [-0.39, 0.29) is 6.79 Å². The molecule has 4 rings (SSSR count). The van der Waals surface area contributed by atoms with E-state index < -0.39 is 9.84 Å². The quantitative estimate of drug-likeness (QED) is 0.774. The lowest BCUT2D eigenvalue weighted by Gasteiger charge is -2.08. The molecule has 0 saturated carbocycles. The number of fused-ring (bicyclic) bond motifs is 2. The fourth-order valence-corrected chi connectivity index (χ4v) is 3.33. The summed E-state index contributed by atoms with van der Waals surface area (Å²) in [4.78, 5) is 4.82. The first kappa shape index (κ1) is 15.7. The summed E-state index contributed by atoms with van der Waals surface area (Å²) in [5.41, 5.74) is 1.79. The van der Waals surface area contributed by atoms with E-state index in [1.165, 1.54) is 6.26 Å². The summed E-state index contributed by atoms with van der Waals surface area (Å²) in [6.07, 6.45) is 1.20. The summed E-state index contributed by atoms with van der Waals surface area (Å²) in [5, 5.41) is 4.05. The Kier molecular flexibility index (Phi) is 3.73. The van der Waals surface area contributed by atoms with E-state index in [4.69, 9.17) is 9.47 Å². The predicted molar refractivity (Wildman–Crippen MR) is 94.7 cm³/mol. The number of nitrogens with one attached hydrogen (secondary N) is 1. The average molecular weight is 356 g/mol. The predicted octanol–water partition coefficient (Wildman–Crippen LogP) is 2.98. The molecular weight excluding hydrogens is 340 g/mol. The van der Waals surface area contributed by atoms with Crippen LogP contribution in [-0.4, -0.2) is 26.5 Å². The van der Waals surface area contributed by atoms with Gasteiger partial charge in [-0.15, -0.1) is 0 Å². The maximum absolute atomic E-state index is 11.6. The third-order valence-electron chi connectivity index (χ3n) is 4.00. The molecule has 0 saturated heterocycles. The van der Waals surface area contributed by atoms with Crippen molar-refractivity contribution in [3.05, 3.63) is 54.1 Å². The van der Waals surface area contributed by atoms with Crippen LogP contribution in [0.4, 0.5) is 5.82 Å². The van der Waals surface area contributed by atoms with Crippen molar-refractivity contribution in [1.29, 1.82) is 0 Å². The highest BCUT2D eigenvalue weighted by Crippen LogP contribution is 2.32. The van der Waals surface area contributed by atoms with Gasteiger partial charge in [0.2, 0.25) is 6.79 Å². The molecule has 6 nitrogen and oxygen atoms in total. The molecule has 1 aliphatic rings. The zero-order valence-corrected chi connectivity index (χ0v) is 14.3. The van der Waals surface area contributed by atoms with E-state index in [1.807, 2.05) is 30.3 Å². The van der Waals surface area contributed by atoms with Gasteiger partial charge in [-0.25, -0.2) is 13.4 Å². The molecular formula is C18H16N2O4S.